The summed E-state index contributed by atoms with van der Waals surface area (Å²) < 4.78 is 67.2. The van der Waals surface area contributed by atoms with Crippen molar-refractivity contribution in [1.82, 2.24) is 9.80 Å². The fraction of sp³-hybridized carbons (Fsp3) is 0.351. The SMILES string of the molecule is CC(C)(C)OC(=O)N1CC=C(OS(=O)(=O)C(F)(F)F)CC1.N[C@H](Cc1ccc(Cl)cc1)C(=O)N1CC=C(c2cccc(-c3ccccc3)c2)CC1. The van der Waals surface area contributed by atoms with Gasteiger partial charge in [-0.25, -0.2) is 4.79 Å². The molecule has 5 rings (SSSR count). The Morgan fingerprint density at radius 3 is 2.02 bits per heavy atom. The lowest BCUT2D eigenvalue weighted by Gasteiger charge is -2.29. The highest BCUT2D eigenvalue weighted by atomic mass is 35.5. The average molecular weight is 748 g/mol. The number of nitrogens with zero attached hydrogens (tertiary/aromatic N) is 2. The summed E-state index contributed by atoms with van der Waals surface area (Å²) >= 11 is 5.93. The molecule has 0 unspecified atom stereocenters. The van der Waals surface area contributed by atoms with Crippen LogP contribution in [0.15, 0.2) is 96.8 Å². The lowest BCUT2D eigenvalue weighted by atomic mass is 9.95. The molecule has 51 heavy (non-hydrogen) atoms. The van der Waals surface area contributed by atoms with E-state index in [0.29, 0.717) is 24.5 Å². The molecule has 0 fully saturated rings. The van der Waals surface area contributed by atoms with Gasteiger partial charge >= 0.3 is 21.7 Å². The zero-order chi connectivity index (χ0) is 37.4. The Balaban J connectivity index is 0.000000245. The Hall–Kier alpha value is -4.33. The van der Waals surface area contributed by atoms with Crippen LogP contribution < -0.4 is 5.73 Å². The van der Waals surface area contributed by atoms with E-state index in [-0.39, 0.29) is 31.2 Å². The number of carbonyl (C=O) groups is 2. The quantitative estimate of drug-likeness (QED) is 0.196. The minimum atomic E-state index is -5.67. The molecule has 0 saturated heterocycles. The highest BCUT2D eigenvalue weighted by Crippen LogP contribution is 2.29. The molecule has 0 aromatic heterocycles. The minimum absolute atomic E-state index is 0.00159. The van der Waals surface area contributed by atoms with Crippen molar-refractivity contribution in [3.8, 4) is 11.1 Å². The monoisotopic (exact) mass is 747 g/mol. The summed E-state index contributed by atoms with van der Waals surface area (Å²) in [5.41, 5.74) is 5.96. The smallest absolute Gasteiger partial charge is 0.444 e. The first-order chi connectivity index (χ1) is 23.9. The maximum Gasteiger partial charge on any atom is 0.534 e. The Bertz CT molecular complexity index is 1840. The van der Waals surface area contributed by atoms with Crippen molar-refractivity contribution in [1.29, 1.82) is 0 Å². The second kappa shape index (κ2) is 16.8. The Kier molecular flexibility index (Phi) is 13.0. The summed E-state index contributed by atoms with van der Waals surface area (Å²) in [5.74, 6) is -0.342. The van der Waals surface area contributed by atoms with Gasteiger partial charge in [-0.1, -0.05) is 78.3 Å². The number of nitrogens with two attached hydrogens (primary N) is 1. The first-order valence-electron chi connectivity index (χ1n) is 16.2. The van der Waals surface area contributed by atoms with Gasteiger partial charge in [0.05, 0.1) is 6.04 Å². The predicted molar refractivity (Wildman–Crippen MR) is 191 cm³/mol. The number of ether oxygens (including phenoxy) is 1. The Morgan fingerprint density at radius 1 is 0.843 bits per heavy atom. The predicted octanol–water partition coefficient (Wildman–Crippen LogP) is 7.57. The molecule has 1 atom stereocenters. The zero-order valence-corrected chi connectivity index (χ0v) is 30.1. The van der Waals surface area contributed by atoms with Crippen LogP contribution in [0.25, 0.3) is 16.7 Å². The average Bonchev–Trinajstić information content (AvgIpc) is 3.08. The molecule has 274 valence electrons. The molecular weight excluding hydrogens is 707 g/mol. The molecule has 0 spiro atoms. The van der Waals surface area contributed by atoms with Crippen LogP contribution in [0.5, 0.6) is 0 Å². The van der Waals surface area contributed by atoms with Gasteiger partial charge in [0.2, 0.25) is 5.91 Å². The van der Waals surface area contributed by atoms with Crippen LogP contribution >= 0.6 is 11.6 Å². The summed E-state index contributed by atoms with van der Waals surface area (Å²) in [6.45, 7) is 6.23. The third-order valence-corrected chi connectivity index (χ3v) is 9.12. The van der Waals surface area contributed by atoms with Gasteiger partial charge in [-0.05, 0) is 85.7 Å². The Morgan fingerprint density at radius 2 is 1.45 bits per heavy atom. The Labute approximate surface area is 301 Å². The van der Waals surface area contributed by atoms with Crippen LogP contribution in [-0.2, 0) is 30.3 Å². The molecule has 14 heteroatoms. The number of carbonyl (C=O) groups excluding carboxylic acids is 2. The fourth-order valence-corrected chi connectivity index (χ4v) is 5.92. The fourth-order valence-electron chi connectivity index (χ4n) is 5.26. The van der Waals surface area contributed by atoms with Crippen molar-refractivity contribution in [2.75, 3.05) is 26.2 Å². The van der Waals surface area contributed by atoms with Crippen LogP contribution in [0.2, 0.25) is 5.02 Å². The number of hydrogen-bond donors (Lipinski definition) is 1. The molecule has 2 aliphatic heterocycles. The van der Waals surface area contributed by atoms with Crippen molar-refractivity contribution < 1.29 is 40.1 Å². The summed E-state index contributed by atoms with van der Waals surface area (Å²) in [5, 5.41) is 0.684. The lowest BCUT2D eigenvalue weighted by Crippen LogP contribution is -2.46. The number of hydrogen-bond acceptors (Lipinski definition) is 7. The molecule has 3 aromatic rings. The van der Waals surface area contributed by atoms with Crippen molar-refractivity contribution >= 4 is 39.3 Å². The zero-order valence-electron chi connectivity index (χ0n) is 28.5. The van der Waals surface area contributed by atoms with Gasteiger partial charge in [0, 0.05) is 37.6 Å². The maximum absolute atomic E-state index is 12.8. The largest absolute Gasteiger partial charge is 0.534 e. The topological polar surface area (TPSA) is 119 Å². The van der Waals surface area contributed by atoms with Gasteiger partial charge in [0.1, 0.15) is 11.4 Å². The summed E-state index contributed by atoms with van der Waals surface area (Å²) in [6.07, 6.45) is 3.84. The van der Waals surface area contributed by atoms with Crippen molar-refractivity contribution in [3.05, 3.63) is 113 Å². The standard InChI is InChI=1S/C26H25ClN2O.C11H16F3NO5S/c27-24-11-9-19(10-12-24)17-25(28)26(30)29-15-13-21(14-16-29)23-8-4-7-22(18-23)20-5-2-1-3-6-20;1-10(2,3)19-9(16)15-6-4-8(5-7-15)20-21(17,18)11(12,13)14/h1-13,18,25H,14-17,28H2;4H,5-7H2,1-3H3/t25-;/m1./s1. The molecular formula is C37H41ClF3N3O6S. The summed E-state index contributed by atoms with van der Waals surface area (Å²) in [6, 6.07) is 25.9. The number of halogens is 4. The van der Waals surface area contributed by atoms with Gasteiger partial charge in [0.15, 0.2) is 0 Å². The molecule has 3 aromatic carbocycles. The molecule has 2 heterocycles. The van der Waals surface area contributed by atoms with E-state index in [0.717, 1.165) is 18.1 Å². The van der Waals surface area contributed by atoms with Gasteiger partial charge in [-0.3, -0.25) is 4.79 Å². The van der Waals surface area contributed by atoms with Gasteiger partial charge < -0.3 is 24.5 Å². The summed E-state index contributed by atoms with van der Waals surface area (Å²) in [7, 11) is -5.67. The second-order valence-corrected chi connectivity index (χ2v) is 15.0. The highest BCUT2D eigenvalue weighted by molar-refractivity contribution is 7.87. The van der Waals surface area contributed by atoms with Crippen molar-refractivity contribution in [3.63, 3.8) is 0 Å². The molecule has 2 amide bonds. The molecule has 0 aliphatic carbocycles. The first kappa shape index (κ1) is 39.5. The van der Waals surface area contributed by atoms with E-state index in [1.807, 2.05) is 35.2 Å². The second-order valence-electron chi connectivity index (χ2n) is 13.0. The van der Waals surface area contributed by atoms with Gasteiger partial charge in [-0.2, -0.15) is 21.6 Å². The lowest BCUT2D eigenvalue weighted by molar-refractivity contribution is -0.132. The van der Waals surface area contributed by atoms with Crippen LogP contribution in [-0.4, -0.2) is 73.5 Å². The van der Waals surface area contributed by atoms with E-state index in [1.54, 1.807) is 20.8 Å². The minimum Gasteiger partial charge on any atom is -0.444 e. The van der Waals surface area contributed by atoms with E-state index < -0.39 is 33.4 Å². The van der Waals surface area contributed by atoms with Crippen LogP contribution in [0.4, 0.5) is 18.0 Å². The third kappa shape index (κ3) is 11.6. The molecule has 0 radical (unpaired) electrons. The normalized spacial score (nSPS) is 15.8. The number of benzene rings is 3. The number of amides is 2. The third-order valence-electron chi connectivity index (χ3n) is 7.87. The molecule has 9 nitrogen and oxygen atoms in total. The van der Waals surface area contributed by atoms with E-state index in [9.17, 15) is 31.2 Å². The van der Waals surface area contributed by atoms with Gasteiger partial charge in [-0.15, -0.1) is 0 Å². The van der Waals surface area contributed by atoms with Crippen LogP contribution in [0.1, 0.15) is 44.7 Å². The molecule has 0 bridgehead atoms. The first-order valence-corrected chi connectivity index (χ1v) is 18.0. The summed E-state index contributed by atoms with van der Waals surface area (Å²) in [4.78, 5) is 27.6. The maximum atomic E-state index is 12.8. The number of rotatable bonds is 7. The number of alkyl halides is 3. The van der Waals surface area contributed by atoms with Crippen molar-refractivity contribution in [2.24, 2.45) is 5.73 Å². The van der Waals surface area contributed by atoms with E-state index in [1.165, 1.54) is 27.2 Å². The van der Waals surface area contributed by atoms with E-state index in [4.69, 9.17) is 22.1 Å². The van der Waals surface area contributed by atoms with Crippen molar-refractivity contribution in [2.45, 2.75) is 57.2 Å². The molecule has 2 N–H and O–H groups in total. The molecule has 2 aliphatic rings. The van der Waals surface area contributed by atoms with Gasteiger partial charge in [0.25, 0.3) is 0 Å². The van der Waals surface area contributed by atoms with Crippen LogP contribution in [0.3, 0.4) is 0 Å². The van der Waals surface area contributed by atoms with E-state index in [2.05, 4.69) is 58.8 Å². The van der Waals surface area contributed by atoms with E-state index >= 15 is 0 Å². The van der Waals surface area contributed by atoms with Crippen LogP contribution in [0, 0.1) is 0 Å². The highest BCUT2D eigenvalue weighted by Gasteiger charge is 2.49. The molecule has 0 saturated carbocycles.